The second kappa shape index (κ2) is 5.57. The number of alkyl halides is 1. The normalized spacial score (nSPS) is 23.3. The zero-order valence-corrected chi connectivity index (χ0v) is 14.5. The van der Waals surface area contributed by atoms with Gasteiger partial charge >= 0.3 is 0 Å². The molecule has 9 heteroatoms. The quantitative estimate of drug-likeness (QED) is 0.766. The third kappa shape index (κ3) is 2.99. The minimum absolute atomic E-state index is 0.0260. The van der Waals surface area contributed by atoms with E-state index in [-0.39, 0.29) is 34.6 Å². The third-order valence-corrected chi connectivity index (χ3v) is 7.91. The SMILES string of the molecule is Cc1oc(C)c(S(=O)(=O)N2CCS(=O)(=O)CC2C)c1CCl. The van der Waals surface area contributed by atoms with Crippen LogP contribution < -0.4 is 0 Å². The fourth-order valence-electron chi connectivity index (χ4n) is 2.66. The van der Waals surface area contributed by atoms with E-state index in [0.717, 1.165) is 0 Å². The molecule has 0 saturated carbocycles. The van der Waals surface area contributed by atoms with Gasteiger partial charge in [-0.1, -0.05) is 0 Å². The van der Waals surface area contributed by atoms with Crippen molar-refractivity contribution in [2.24, 2.45) is 0 Å². The molecule has 120 valence electrons. The smallest absolute Gasteiger partial charge is 0.247 e. The summed E-state index contributed by atoms with van der Waals surface area (Å²) < 4.78 is 55.5. The molecule has 0 aromatic carbocycles. The molecular formula is C12H18ClNO5S2. The van der Waals surface area contributed by atoms with Gasteiger partial charge in [-0.05, 0) is 20.8 Å². The minimum Gasteiger partial charge on any atom is -0.465 e. The van der Waals surface area contributed by atoms with Gasteiger partial charge in [0.25, 0.3) is 0 Å². The van der Waals surface area contributed by atoms with Crippen LogP contribution in [-0.2, 0) is 25.7 Å². The maximum atomic E-state index is 12.8. The lowest BCUT2D eigenvalue weighted by atomic mass is 10.3. The summed E-state index contributed by atoms with van der Waals surface area (Å²) in [6.07, 6.45) is 0. The first-order valence-corrected chi connectivity index (χ1v) is 10.3. The second-order valence-corrected chi connectivity index (χ2v) is 9.56. The average molecular weight is 356 g/mol. The van der Waals surface area contributed by atoms with Gasteiger partial charge in [0, 0.05) is 18.2 Å². The Bertz CT molecular complexity index is 751. The van der Waals surface area contributed by atoms with Crippen molar-refractivity contribution < 1.29 is 21.3 Å². The Morgan fingerprint density at radius 1 is 1.33 bits per heavy atom. The molecule has 1 aromatic heterocycles. The van der Waals surface area contributed by atoms with E-state index in [1.165, 1.54) is 4.31 Å². The summed E-state index contributed by atoms with van der Waals surface area (Å²) >= 11 is 5.84. The number of hydrogen-bond donors (Lipinski definition) is 0. The molecule has 0 spiro atoms. The summed E-state index contributed by atoms with van der Waals surface area (Å²) in [5, 5.41) is 0. The Labute approximate surface area is 130 Å². The average Bonchev–Trinajstić information content (AvgIpc) is 2.62. The van der Waals surface area contributed by atoms with Gasteiger partial charge in [0.05, 0.1) is 17.4 Å². The Balaban J connectivity index is 2.49. The zero-order chi connectivity index (χ0) is 16.0. The largest absolute Gasteiger partial charge is 0.465 e. The van der Waals surface area contributed by atoms with Crippen molar-refractivity contribution in [3.8, 4) is 0 Å². The molecule has 1 aliphatic heterocycles. The van der Waals surface area contributed by atoms with Crippen LogP contribution in [-0.4, -0.2) is 45.2 Å². The summed E-state index contributed by atoms with van der Waals surface area (Å²) in [4.78, 5) is 0.0705. The van der Waals surface area contributed by atoms with Crippen molar-refractivity contribution in [2.45, 2.75) is 37.6 Å². The molecule has 2 rings (SSSR count). The first-order valence-electron chi connectivity index (χ1n) is 6.47. The predicted molar refractivity (Wildman–Crippen MR) is 79.7 cm³/mol. The topological polar surface area (TPSA) is 84.7 Å². The fraction of sp³-hybridized carbons (Fsp3) is 0.667. The zero-order valence-electron chi connectivity index (χ0n) is 12.1. The number of aryl methyl sites for hydroxylation is 2. The lowest BCUT2D eigenvalue weighted by molar-refractivity contribution is 0.355. The molecule has 2 heterocycles. The van der Waals surface area contributed by atoms with Crippen molar-refractivity contribution in [3.05, 3.63) is 17.1 Å². The molecule has 1 fully saturated rings. The number of halogens is 1. The molecule has 6 nitrogen and oxygen atoms in total. The van der Waals surface area contributed by atoms with Gasteiger partial charge in [-0.2, -0.15) is 4.31 Å². The van der Waals surface area contributed by atoms with E-state index in [1.54, 1.807) is 20.8 Å². The lowest BCUT2D eigenvalue weighted by Crippen LogP contribution is -2.49. The van der Waals surface area contributed by atoms with Crippen LogP contribution in [0.3, 0.4) is 0 Å². The van der Waals surface area contributed by atoms with Crippen molar-refractivity contribution in [2.75, 3.05) is 18.1 Å². The van der Waals surface area contributed by atoms with Gasteiger partial charge in [0.1, 0.15) is 16.4 Å². The summed E-state index contributed by atoms with van der Waals surface area (Å²) in [6.45, 7) is 4.78. The first kappa shape index (κ1) is 16.8. The van der Waals surface area contributed by atoms with Gasteiger partial charge in [-0.3, -0.25) is 0 Å². The highest BCUT2D eigenvalue weighted by atomic mass is 35.5. The van der Waals surface area contributed by atoms with E-state index in [1.807, 2.05) is 0 Å². The highest BCUT2D eigenvalue weighted by Crippen LogP contribution is 2.32. The van der Waals surface area contributed by atoms with Gasteiger partial charge in [0.2, 0.25) is 10.0 Å². The molecular weight excluding hydrogens is 338 g/mol. The standard InChI is InChI=1S/C12H18ClNO5S2/c1-8-7-20(15,16)5-4-14(8)21(17,18)12-10(3)19-9(2)11(12)6-13/h8H,4-7H2,1-3H3. The fourth-order valence-corrected chi connectivity index (χ4v) is 6.87. The Hall–Kier alpha value is -0.570. The number of sulfonamides is 1. The highest BCUT2D eigenvalue weighted by molar-refractivity contribution is 7.92. The van der Waals surface area contributed by atoms with Crippen LogP contribution in [0.15, 0.2) is 9.31 Å². The third-order valence-electron chi connectivity index (χ3n) is 3.63. The molecule has 1 aromatic rings. The summed E-state index contributed by atoms with van der Waals surface area (Å²) in [5.74, 6) is 0.446. The summed E-state index contributed by atoms with van der Waals surface area (Å²) in [5.41, 5.74) is 0.440. The van der Waals surface area contributed by atoms with E-state index in [9.17, 15) is 16.8 Å². The van der Waals surface area contributed by atoms with Crippen LogP contribution in [0.4, 0.5) is 0 Å². The van der Waals surface area contributed by atoms with E-state index < -0.39 is 25.9 Å². The Kier molecular flexibility index (Phi) is 4.45. The van der Waals surface area contributed by atoms with Gasteiger partial charge in [-0.25, -0.2) is 16.8 Å². The predicted octanol–water partition coefficient (Wildman–Crippen LogP) is 1.44. The molecule has 0 bridgehead atoms. The molecule has 1 atom stereocenters. The summed E-state index contributed by atoms with van der Waals surface area (Å²) in [7, 11) is -7.01. The summed E-state index contributed by atoms with van der Waals surface area (Å²) in [6, 6.07) is -0.605. The van der Waals surface area contributed by atoms with Crippen molar-refractivity contribution in [1.82, 2.24) is 4.31 Å². The molecule has 1 unspecified atom stereocenters. The minimum atomic E-state index is -3.82. The van der Waals surface area contributed by atoms with Crippen LogP contribution in [0, 0.1) is 13.8 Å². The van der Waals surface area contributed by atoms with E-state index in [4.69, 9.17) is 16.0 Å². The second-order valence-electron chi connectivity index (χ2n) is 5.23. The van der Waals surface area contributed by atoms with E-state index in [2.05, 4.69) is 0 Å². The van der Waals surface area contributed by atoms with E-state index in [0.29, 0.717) is 11.3 Å². The van der Waals surface area contributed by atoms with Crippen molar-refractivity contribution in [3.63, 3.8) is 0 Å². The van der Waals surface area contributed by atoms with Crippen LogP contribution in [0.25, 0.3) is 0 Å². The monoisotopic (exact) mass is 355 g/mol. The number of furan rings is 1. The van der Waals surface area contributed by atoms with Crippen LogP contribution in [0.5, 0.6) is 0 Å². The number of nitrogens with zero attached hydrogens (tertiary/aromatic N) is 1. The number of hydrogen-bond acceptors (Lipinski definition) is 5. The van der Waals surface area contributed by atoms with Crippen molar-refractivity contribution in [1.29, 1.82) is 0 Å². The lowest BCUT2D eigenvalue weighted by Gasteiger charge is -2.32. The van der Waals surface area contributed by atoms with Crippen LogP contribution in [0.1, 0.15) is 24.0 Å². The van der Waals surface area contributed by atoms with Crippen molar-refractivity contribution >= 4 is 31.5 Å². The van der Waals surface area contributed by atoms with Crippen LogP contribution in [0.2, 0.25) is 0 Å². The maximum Gasteiger partial charge on any atom is 0.247 e. The first-order chi connectivity index (χ1) is 9.60. The van der Waals surface area contributed by atoms with Gasteiger partial charge in [-0.15, -0.1) is 11.6 Å². The number of rotatable bonds is 3. The van der Waals surface area contributed by atoms with Crippen LogP contribution >= 0.6 is 11.6 Å². The Morgan fingerprint density at radius 3 is 2.48 bits per heavy atom. The molecule has 1 aliphatic rings. The molecule has 0 N–H and O–H groups in total. The highest BCUT2D eigenvalue weighted by Gasteiger charge is 2.39. The molecule has 0 radical (unpaired) electrons. The Morgan fingerprint density at radius 2 is 1.95 bits per heavy atom. The number of sulfone groups is 1. The molecule has 0 amide bonds. The molecule has 21 heavy (non-hydrogen) atoms. The maximum absolute atomic E-state index is 12.8. The van der Waals surface area contributed by atoms with Gasteiger partial charge < -0.3 is 4.42 Å². The van der Waals surface area contributed by atoms with E-state index >= 15 is 0 Å². The molecule has 1 saturated heterocycles. The van der Waals surface area contributed by atoms with Gasteiger partial charge in [0.15, 0.2) is 9.84 Å². The molecule has 0 aliphatic carbocycles.